The maximum atomic E-state index is 4.68. The molecule has 1 fully saturated rings. The minimum atomic E-state index is 0.523. The highest BCUT2D eigenvalue weighted by molar-refractivity contribution is 5.00. The van der Waals surface area contributed by atoms with Crippen LogP contribution in [0.25, 0.3) is 0 Å². The van der Waals surface area contributed by atoms with Crippen molar-refractivity contribution in [3.63, 3.8) is 0 Å². The highest BCUT2D eigenvalue weighted by Crippen LogP contribution is 2.34. The maximum Gasteiger partial charge on any atom is 0.0624 e. The van der Waals surface area contributed by atoms with Crippen LogP contribution in [0.15, 0.2) is 12.3 Å². The molecule has 0 radical (unpaired) electrons. The minimum absolute atomic E-state index is 0.523. The molecule has 0 saturated heterocycles. The van der Waals surface area contributed by atoms with Crippen molar-refractivity contribution in [1.29, 1.82) is 0 Å². The van der Waals surface area contributed by atoms with E-state index in [1.54, 1.807) is 0 Å². The Bertz CT molecular complexity index is 368. The first-order valence-corrected chi connectivity index (χ1v) is 8.02. The second-order valence-corrected chi connectivity index (χ2v) is 5.94. The summed E-state index contributed by atoms with van der Waals surface area (Å²) in [5.74, 6) is 0.956. The SMILES string of the molecule is CCNC(CCCc1ccn(C(C)CC)n1)C1CC1. The summed E-state index contributed by atoms with van der Waals surface area (Å²) in [7, 11) is 0. The molecule has 0 amide bonds. The Morgan fingerprint density at radius 3 is 2.84 bits per heavy atom. The molecule has 1 aromatic heterocycles. The van der Waals surface area contributed by atoms with Crippen LogP contribution < -0.4 is 5.32 Å². The molecule has 0 aliphatic heterocycles. The fraction of sp³-hybridized carbons (Fsp3) is 0.812. The lowest BCUT2D eigenvalue weighted by Crippen LogP contribution is -2.30. The van der Waals surface area contributed by atoms with Crippen LogP contribution in [0.4, 0.5) is 0 Å². The molecule has 3 heteroatoms. The third-order valence-corrected chi connectivity index (χ3v) is 4.31. The Hall–Kier alpha value is -0.830. The van der Waals surface area contributed by atoms with E-state index in [4.69, 9.17) is 0 Å². The van der Waals surface area contributed by atoms with Gasteiger partial charge in [-0.25, -0.2) is 0 Å². The molecule has 1 aliphatic rings. The van der Waals surface area contributed by atoms with Crippen LogP contribution in [0, 0.1) is 5.92 Å². The molecule has 1 aromatic rings. The smallest absolute Gasteiger partial charge is 0.0624 e. The lowest BCUT2D eigenvalue weighted by atomic mass is 10.0. The van der Waals surface area contributed by atoms with Crippen LogP contribution in [0.3, 0.4) is 0 Å². The number of aromatic nitrogens is 2. The van der Waals surface area contributed by atoms with E-state index in [0.717, 1.165) is 31.3 Å². The number of hydrogen-bond acceptors (Lipinski definition) is 2. The van der Waals surface area contributed by atoms with Gasteiger partial charge in [-0.2, -0.15) is 5.10 Å². The van der Waals surface area contributed by atoms with Crippen LogP contribution in [0.1, 0.15) is 64.6 Å². The van der Waals surface area contributed by atoms with E-state index < -0.39 is 0 Å². The summed E-state index contributed by atoms with van der Waals surface area (Å²) in [6.07, 6.45) is 9.82. The molecule has 0 aromatic carbocycles. The molecule has 19 heavy (non-hydrogen) atoms. The molecule has 1 N–H and O–H groups in total. The van der Waals surface area contributed by atoms with Gasteiger partial charge in [0.05, 0.1) is 5.69 Å². The van der Waals surface area contributed by atoms with E-state index in [-0.39, 0.29) is 0 Å². The van der Waals surface area contributed by atoms with Crippen molar-refractivity contribution in [2.75, 3.05) is 6.54 Å². The van der Waals surface area contributed by atoms with Gasteiger partial charge in [-0.1, -0.05) is 13.8 Å². The van der Waals surface area contributed by atoms with Gasteiger partial charge in [0.25, 0.3) is 0 Å². The van der Waals surface area contributed by atoms with Gasteiger partial charge in [0.2, 0.25) is 0 Å². The first-order chi connectivity index (χ1) is 9.24. The Labute approximate surface area is 117 Å². The van der Waals surface area contributed by atoms with Gasteiger partial charge in [-0.05, 0) is 64.0 Å². The monoisotopic (exact) mass is 263 g/mol. The summed E-state index contributed by atoms with van der Waals surface area (Å²) in [5.41, 5.74) is 1.26. The number of nitrogens with zero attached hydrogens (tertiary/aromatic N) is 2. The summed E-state index contributed by atoms with van der Waals surface area (Å²) < 4.78 is 2.11. The standard InChI is InChI=1S/C16H29N3/c1-4-13(3)19-12-11-15(18-19)7-6-8-16(17-5-2)14-9-10-14/h11-14,16-17H,4-10H2,1-3H3. The van der Waals surface area contributed by atoms with Gasteiger partial charge in [-0.15, -0.1) is 0 Å². The van der Waals surface area contributed by atoms with Crippen molar-refractivity contribution >= 4 is 0 Å². The molecule has 1 saturated carbocycles. The Morgan fingerprint density at radius 2 is 2.21 bits per heavy atom. The Balaban J connectivity index is 1.73. The summed E-state index contributed by atoms with van der Waals surface area (Å²) in [6, 6.07) is 3.46. The minimum Gasteiger partial charge on any atom is -0.314 e. The molecule has 3 nitrogen and oxygen atoms in total. The lowest BCUT2D eigenvalue weighted by Gasteiger charge is -2.16. The molecule has 1 aliphatic carbocycles. The van der Waals surface area contributed by atoms with E-state index in [1.165, 1.54) is 31.4 Å². The highest BCUT2D eigenvalue weighted by Gasteiger charge is 2.29. The van der Waals surface area contributed by atoms with Crippen molar-refractivity contribution in [3.8, 4) is 0 Å². The molecular formula is C16H29N3. The van der Waals surface area contributed by atoms with Crippen molar-refractivity contribution in [3.05, 3.63) is 18.0 Å². The molecule has 2 rings (SSSR count). The fourth-order valence-electron chi connectivity index (χ4n) is 2.71. The molecule has 1 heterocycles. The van der Waals surface area contributed by atoms with Crippen LogP contribution >= 0.6 is 0 Å². The first kappa shape index (κ1) is 14.6. The van der Waals surface area contributed by atoms with Crippen molar-refractivity contribution in [2.24, 2.45) is 5.92 Å². The lowest BCUT2D eigenvalue weighted by molar-refractivity contribution is 0.431. The highest BCUT2D eigenvalue weighted by atomic mass is 15.3. The van der Waals surface area contributed by atoms with E-state index in [2.05, 4.69) is 48.1 Å². The van der Waals surface area contributed by atoms with Gasteiger partial charge in [0, 0.05) is 18.3 Å². The van der Waals surface area contributed by atoms with E-state index >= 15 is 0 Å². The average molecular weight is 263 g/mol. The number of nitrogens with one attached hydrogen (secondary N) is 1. The second kappa shape index (κ2) is 7.09. The number of aryl methyl sites for hydroxylation is 1. The number of hydrogen-bond donors (Lipinski definition) is 1. The molecule has 0 bridgehead atoms. The predicted molar refractivity (Wildman–Crippen MR) is 80.4 cm³/mol. The Morgan fingerprint density at radius 1 is 1.42 bits per heavy atom. The molecule has 2 atom stereocenters. The van der Waals surface area contributed by atoms with Crippen LogP contribution in [0.2, 0.25) is 0 Å². The van der Waals surface area contributed by atoms with E-state index in [9.17, 15) is 0 Å². The van der Waals surface area contributed by atoms with Crippen LogP contribution in [-0.4, -0.2) is 22.4 Å². The zero-order valence-electron chi connectivity index (χ0n) is 12.7. The quantitative estimate of drug-likeness (QED) is 0.738. The average Bonchev–Trinajstić information content (AvgIpc) is 3.16. The molecular weight excluding hydrogens is 234 g/mol. The van der Waals surface area contributed by atoms with Crippen molar-refractivity contribution in [1.82, 2.24) is 15.1 Å². The number of rotatable bonds is 9. The summed E-state index contributed by atoms with van der Waals surface area (Å²) in [6.45, 7) is 7.75. The zero-order valence-corrected chi connectivity index (χ0v) is 12.7. The fourth-order valence-corrected chi connectivity index (χ4v) is 2.71. The van der Waals surface area contributed by atoms with Gasteiger partial charge < -0.3 is 5.32 Å². The third kappa shape index (κ3) is 4.34. The van der Waals surface area contributed by atoms with Gasteiger partial charge in [0.15, 0.2) is 0 Å². The zero-order chi connectivity index (χ0) is 13.7. The molecule has 2 unspecified atom stereocenters. The largest absolute Gasteiger partial charge is 0.314 e. The summed E-state index contributed by atoms with van der Waals surface area (Å²) in [5, 5.41) is 8.32. The van der Waals surface area contributed by atoms with E-state index in [0.29, 0.717) is 6.04 Å². The van der Waals surface area contributed by atoms with Gasteiger partial charge in [-0.3, -0.25) is 4.68 Å². The first-order valence-electron chi connectivity index (χ1n) is 8.02. The molecule has 0 spiro atoms. The van der Waals surface area contributed by atoms with Gasteiger partial charge >= 0.3 is 0 Å². The second-order valence-electron chi connectivity index (χ2n) is 5.94. The predicted octanol–water partition coefficient (Wildman–Crippen LogP) is 3.56. The normalized spacial score (nSPS) is 18.5. The maximum absolute atomic E-state index is 4.68. The van der Waals surface area contributed by atoms with Crippen molar-refractivity contribution in [2.45, 2.75) is 71.4 Å². The third-order valence-electron chi connectivity index (χ3n) is 4.31. The Kier molecular flexibility index (Phi) is 5.44. The van der Waals surface area contributed by atoms with Crippen LogP contribution in [0.5, 0.6) is 0 Å². The van der Waals surface area contributed by atoms with Crippen molar-refractivity contribution < 1.29 is 0 Å². The summed E-state index contributed by atoms with van der Waals surface area (Å²) in [4.78, 5) is 0. The molecule has 108 valence electrons. The van der Waals surface area contributed by atoms with Crippen LogP contribution in [-0.2, 0) is 6.42 Å². The summed E-state index contributed by atoms with van der Waals surface area (Å²) >= 11 is 0. The topological polar surface area (TPSA) is 29.9 Å². The van der Waals surface area contributed by atoms with Gasteiger partial charge in [0.1, 0.15) is 0 Å². The van der Waals surface area contributed by atoms with E-state index in [1.807, 2.05) is 0 Å².